The number of nitrogens with zero attached hydrogens (tertiary/aromatic N) is 2. The van der Waals surface area contributed by atoms with Gasteiger partial charge in [-0.15, -0.1) is 0 Å². The third-order valence-electron chi connectivity index (χ3n) is 1.46. The van der Waals surface area contributed by atoms with E-state index in [4.69, 9.17) is 0 Å². The molecule has 0 saturated carbocycles. The second kappa shape index (κ2) is 5.38. The van der Waals surface area contributed by atoms with Gasteiger partial charge in [0.1, 0.15) is 0 Å². The summed E-state index contributed by atoms with van der Waals surface area (Å²) in [6.07, 6.45) is -1.76. The van der Waals surface area contributed by atoms with E-state index in [9.17, 15) is 13.6 Å². The zero-order chi connectivity index (χ0) is 8.27. The maximum atomic E-state index is 11.8. The van der Waals surface area contributed by atoms with Crippen LogP contribution in [0.25, 0.3) is 5.32 Å². The topological polar surface area (TPSA) is 34.4 Å². The summed E-state index contributed by atoms with van der Waals surface area (Å²) in [7, 11) is 0. The zero-order valence-electron chi connectivity index (χ0n) is 6.41. The number of urea groups is 1. The molecule has 1 fully saturated rings. The summed E-state index contributed by atoms with van der Waals surface area (Å²) < 4.78 is 23.5. The fourth-order valence-corrected chi connectivity index (χ4v) is 0.968. The molecule has 0 aliphatic carbocycles. The van der Waals surface area contributed by atoms with Gasteiger partial charge in [0.15, 0.2) is 6.03 Å². The van der Waals surface area contributed by atoms with E-state index in [0.29, 0.717) is 19.5 Å². The normalized spacial score (nSPS) is 17.2. The molecule has 1 radical (unpaired) electrons. The van der Waals surface area contributed by atoms with Crippen LogP contribution in [0.15, 0.2) is 0 Å². The Morgan fingerprint density at radius 2 is 2.25 bits per heavy atom. The molecule has 1 heterocycles. The molecular formula is C6H9F2N2OV-. The van der Waals surface area contributed by atoms with E-state index in [0.717, 1.165) is 4.90 Å². The molecule has 0 aromatic rings. The Morgan fingerprint density at radius 3 is 2.75 bits per heavy atom. The molecule has 1 saturated heterocycles. The van der Waals surface area contributed by atoms with Crippen LogP contribution in [0.4, 0.5) is 13.6 Å². The number of carbonyl (C=O) groups is 1. The van der Waals surface area contributed by atoms with E-state index in [1.54, 1.807) is 0 Å². The molecule has 1 aliphatic rings. The summed E-state index contributed by atoms with van der Waals surface area (Å²) in [4.78, 5) is 11.8. The maximum absolute atomic E-state index is 11.8. The van der Waals surface area contributed by atoms with E-state index >= 15 is 0 Å². The van der Waals surface area contributed by atoms with Gasteiger partial charge >= 0.3 is 0 Å². The van der Waals surface area contributed by atoms with Gasteiger partial charge in [-0.2, -0.15) is 0 Å². The Bertz CT molecular complexity index is 156. The Balaban J connectivity index is 0.00000121. The monoisotopic (exact) mass is 214 g/mol. The van der Waals surface area contributed by atoms with Crippen LogP contribution in [0, 0.1) is 0 Å². The van der Waals surface area contributed by atoms with E-state index in [-0.39, 0.29) is 18.6 Å². The second-order valence-electron chi connectivity index (χ2n) is 2.35. The van der Waals surface area contributed by atoms with Crippen molar-refractivity contribution in [1.82, 2.24) is 4.90 Å². The van der Waals surface area contributed by atoms with Crippen LogP contribution in [-0.4, -0.2) is 37.0 Å². The van der Waals surface area contributed by atoms with Gasteiger partial charge in [-0.25, -0.2) is 8.78 Å². The predicted molar refractivity (Wildman–Crippen MR) is 35.8 cm³/mol. The largest absolute Gasteiger partial charge is 0.431 e. The van der Waals surface area contributed by atoms with Crippen molar-refractivity contribution in [3.8, 4) is 0 Å². The molecule has 0 N–H and O–H groups in total. The van der Waals surface area contributed by atoms with Gasteiger partial charge in [-0.3, -0.25) is 4.79 Å². The number of halogens is 2. The van der Waals surface area contributed by atoms with Crippen molar-refractivity contribution in [1.29, 1.82) is 0 Å². The van der Waals surface area contributed by atoms with Crippen molar-refractivity contribution in [2.75, 3.05) is 19.6 Å². The van der Waals surface area contributed by atoms with Crippen LogP contribution < -0.4 is 0 Å². The molecule has 69 valence electrons. The molecule has 3 nitrogen and oxygen atoms in total. The molecular weight excluding hydrogens is 205 g/mol. The van der Waals surface area contributed by atoms with Crippen LogP contribution in [0.5, 0.6) is 0 Å². The Morgan fingerprint density at radius 1 is 1.58 bits per heavy atom. The minimum atomic E-state index is -2.45. The average molecular weight is 214 g/mol. The molecule has 0 spiro atoms. The molecule has 1 aliphatic heterocycles. The van der Waals surface area contributed by atoms with Crippen molar-refractivity contribution >= 4 is 6.03 Å². The zero-order valence-corrected chi connectivity index (χ0v) is 7.81. The summed E-state index contributed by atoms with van der Waals surface area (Å²) in [5, 5.41) is 3.52. The minimum absolute atomic E-state index is 0. The SMILES string of the molecule is O=C1[N-]CCCN1CC(F)F.[V]. The van der Waals surface area contributed by atoms with Crippen molar-refractivity contribution in [3.05, 3.63) is 5.32 Å². The third kappa shape index (κ3) is 3.41. The number of rotatable bonds is 2. The summed E-state index contributed by atoms with van der Waals surface area (Å²) in [6, 6.07) is -0.503. The quantitative estimate of drug-likeness (QED) is 0.684. The van der Waals surface area contributed by atoms with E-state index in [2.05, 4.69) is 5.32 Å². The van der Waals surface area contributed by atoms with Gasteiger partial charge in [0.25, 0.3) is 0 Å². The number of hydrogen-bond acceptors (Lipinski definition) is 1. The van der Waals surface area contributed by atoms with Crippen molar-refractivity contribution < 1.29 is 32.1 Å². The number of alkyl halides is 2. The Kier molecular flexibility index (Phi) is 5.25. The first-order valence-electron chi connectivity index (χ1n) is 3.44. The Hall–Kier alpha value is -0.286. The minimum Gasteiger partial charge on any atom is -0.431 e. The molecule has 0 atom stereocenters. The standard InChI is InChI=1S/C6H10F2N2O.V/c7-5(8)4-10-3-1-2-9-6(10)11;/h5H,1-4H2,(H,9,11);/p-1. The van der Waals surface area contributed by atoms with E-state index in [1.165, 1.54) is 0 Å². The molecule has 0 aromatic carbocycles. The van der Waals surface area contributed by atoms with Gasteiger partial charge in [-0.1, -0.05) is 6.42 Å². The summed E-state index contributed by atoms with van der Waals surface area (Å²) in [5.41, 5.74) is 0. The molecule has 0 bridgehead atoms. The second-order valence-corrected chi connectivity index (χ2v) is 2.35. The van der Waals surface area contributed by atoms with Gasteiger partial charge in [0.05, 0.1) is 0 Å². The molecule has 0 aromatic heterocycles. The van der Waals surface area contributed by atoms with Crippen molar-refractivity contribution in [3.63, 3.8) is 0 Å². The van der Waals surface area contributed by atoms with Crippen LogP contribution >= 0.6 is 0 Å². The maximum Gasteiger partial charge on any atom is 0.238 e. The molecule has 12 heavy (non-hydrogen) atoms. The Labute approximate surface area is 81.4 Å². The van der Waals surface area contributed by atoms with E-state index in [1.807, 2.05) is 0 Å². The first kappa shape index (κ1) is 11.7. The van der Waals surface area contributed by atoms with Crippen molar-refractivity contribution in [2.24, 2.45) is 0 Å². The van der Waals surface area contributed by atoms with Crippen LogP contribution in [0.2, 0.25) is 0 Å². The predicted octanol–water partition coefficient (Wildman–Crippen LogP) is 1.45. The van der Waals surface area contributed by atoms with Crippen LogP contribution in [0.3, 0.4) is 0 Å². The summed E-state index contributed by atoms with van der Waals surface area (Å²) >= 11 is 0. The molecule has 6 heteroatoms. The molecule has 2 amide bonds. The summed E-state index contributed by atoms with van der Waals surface area (Å²) in [5.74, 6) is 0. The van der Waals surface area contributed by atoms with Gasteiger partial charge in [0, 0.05) is 25.1 Å². The van der Waals surface area contributed by atoms with E-state index < -0.39 is 19.0 Å². The number of hydrogen-bond donors (Lipinski definition) is 0. The smallest absolute Gasteiger partial charge is 0.238 e. The van der Waals surface area contributed by atoms with Gasteiger partial charge in [-0.05, 0) is 13.1 Å². The van der Waals surface area contributed by atoms with Crippen LogP contribution in [0.1, 0.15) is 6.42 Å². The van der Waals surface area contributed by atoms with Gasteiger partial charge in [0.2, 0.25) is 6.43 Å². The first-order chi connectivity index (χ1) is 5.20. The van der Waals surface area contributed by atoms with Gasteiger partial charge < -0.3 is 10.2 Å². The fourth-order valence-electron chi connectivity index (χ4n) is 0.968. The third-order valence-corrected chi connectivity index (χ3v) is 1.46. The fraction of sp³-hybridized carbons (Fsp3) is 0.833. The van der Waals surface area contributed by atoms with Crippen molar-refractivity contribution in [2.45, 2.75) is 12.8 Å². The first-order valence-corrected chi connectivity index (χ1v) is 3.44. The molecule has 0 unspecified atom stereocenters. The number of carbonyl (C=O) groups excluding carboxylic acids is 1. The average Bonchev–Trinajstić information content (AvgIpc) is 1.93. The summed E-state index contributed by atoms with van der Waals surface area (Å²) in [6.45, 7) is 0.396. The van der Waals surface area contributed by atoms with Crippen LogP contribution in [-0.2, 0) is 18.6 Å². The molecule has 1 rings (SSSR count). The number of amides is 2.